The first-order valence-corrected chi connectivity index (χ1v) is 10.5. The molecule has 3 N–H and O–H groups in total. The maximum absolute atomic E-state index is 10.5. The Morgan fingerprint density at radius 1 is 0.969 bits per heavy atom. The van der Waals surface area contributed by atoms with Gasteiger partial charge in [0.15, 0.2) is 6.61 Å². The van der Waals surface area contributed by atoms with Crippen molar-refractivity contribution in [3.63, 3.8) is 0 Å². The van der Waals surface area contributed by atoms with E-state index in [1.807, 2.05) is 24.3 Å². The van der Waals surface area contributed by atoms with Crippen LogP contribution in [0.25, 0.3) is 0 Å². The Labute approximate surface area is 199 Å². The molecule has 3 aromatic rings. The number of aliphatic carboxylic acids is 1. The minimum absolute atomic E-state index is 0. The van der Waals surface area contributed by atoms with Crippen molar-refractivity contribution in [3.8, 4) is 5.75 Å². The molecule has 0 aromatic heterocycles. The maximum atomic E-state index is 10.5. The van der Waals surface area contributed by atoms with Crippen LogP contribution in [0.15, 0.2) is 72.8 Å². The molecule has 0 aliphatic rings. The fourth-order valence-electron chi connectivity index (χ4n) is 3.21. The van der Waals surface area contributed by atoms with Crippen molar-refractivity contribution in [1.29, 1.82) is 0 Å². The first-order valence-electron chi connectivity index (χ1n) is 10.2. The zero-order valence-corrected chi connectivity index (χ0v) is 19.1. The molecule has 0 heterocycles. The van der Waals surface area contributed by atoms with Crippen molar-refractivity contribution in [3.05, 3.63) is 100 Å². The van der Waals surface area contributed by atoms with Crippen LogP contribution in [0, 0.1) is 0 Å². The topological polar surface area (TPSA) is 78.8 Å². The smallest absolute Gasteiger partial charge is 0.341 e. The van der Waals surface area contributed by atoms with Gasteiger partial charge in [0.1, 0.15) is 5.75 Å². The molecule has 3 rings (SSSR count). The molecule has 0 amide bonds. The molecule has 0 aliphatic heterocycles. The highest BCUT2D eigenvalue weighted by atomic mass is 35.5. The number of halogens is 2. The summed E-state index contributed by atoms with van der Waals surface area (Å²) in [5.74, 6) is -0.439. The van der Waals surface area contributed by atoms with Crippen molar-refractivity contribution in [2.24, 2.45) is 0 Å². The fourth-order valence-corrected chi connectivity index (χ4v) is 3.41. The van der Waals surface area contributed by atoms with Crippen molar-refractivity contribution in [2.75, 3.05) is 19.7 Å². The van der Waals surface area contributed by atoms with Gasteiger partial charge in [-0.15, -0.1) is 12.4 Å². The second-order valence-corrected chi connectivity index (χ2v) is 7.78. The van der Waals surface area contributed by atoms with Gasteiger partial charge in [-0.25, -0.2) is 4.79 Å². The number of aliphatic hydroxyl groups is 1. The van der Waals surface area contributed by atoms with Gasteiger partial charge in [-0.2, -0.15) is 0 Å². The lowest BCUT2D eigenvalue weighted by atomic mass is 10.0. The minimum Gasteiger partial charge on any atom is -0.482 e. The van der Waals surface area contributed by atoms with Crippen LogP contribution in [0.4, 0.5) is 0 Å². The normalized spacial score (nSPS) is 11.4. The van der Waals surface area contributed by atoms with E-state index in [4.69, 9.17) is 21.4 Å². The molecule has 0 fully saturated rings. The molecule has 0 aliphatic carbocycles. The van der Waals surface area contributed by atoms with Gasteiger partial charge >= 0.3 is 5.97 Å². The molecular formula is C25H27Cl2NO4. The fraction of sp³-hybridized carbons (Fsp3) is 0.240. The summed E-state index contributed by atoms with van der Waals surface area (Å²) in [6.45, 7) is 0.911. The van der Waals surface area contributed by atoms with Crippen LogP contribution in [-0.4, -0.2) is 35.9 Å². The van der Waals surface area contributed by atoms with Crippen molar-refractivity contribution in [1.82, 2.24) is 5.32 Å². The monoisotopic (exact) mass is 475 g/mol. The Morgan fingerprint density at radius 3 is 2.22 bits per heavy atom. The number of rotatable bonds is 11. The van der Waals surface area contributed by atoms with Crippen LogP contribution < -0.4 is 10.1 Å². The summed E-state index contributed by atoms with van der Waals surface area (Å²) in [5, 5.41) is 22.8. The zero-order chi connectivity index (χ0) is 22.1. The molecular weight excluding hydrogens is 449 g/mol. The highest BCUT2D eigenvalue weighted by Crippen LogP contribution is 2.18. The summed E-state index contributed by atoms with van der Waals surface area (Å²) in [6.07, 6.45) is 1.09. The maximum Gasteiger partial charge on any atom is 0.341 e. The Balaban J connectivity index is 0.00000363. The summed E-state index contributed by atoms with van der Waals surface area (Å²) in [5.41, 5.74) is 4.37. The summed E-state index contributed by atoms with van der Waals surface area (Å²) >= 11 is 5.97. The highest BCUT2D eigenvalue weighted by molar-refractivity contribution is 6.30. The predicted octanol–water partition coefficient (Wildman–Crippen LogP) is 4.68. The number of benzene rings is 3. The second-order valence-electron chi connectivity index (χ2n) is 7.34. The number of carboxylic acid groups (broad SMARTS) is 1. The summed E-state index contributed by atoms with van der Waals surface area (Å²) < 4.78 is 5.15. The van der Waals surface area contributed by atoms with E-state index in [0.29, 0.717) is 17.3 Å². The Bertz CT molecular complexity index is 978. The number of nitrogens with one attached hydrogen (secondary N) is 1. The van der Waals surface area contributed by atoms with Gasteiger partial charge in [-0.1, -0.05) is 60.1 Å². The average Bonchev–Trinajstić information content (AvgIpc) is 2.77. The van der Waals surface area contributed by atoms with E-state index in [1.54, 1.807) is 24.3 Å². The van der Waals surface area contributed by atoms with E-state index in [9.17, 15) is 9.90 Å². The first kappa shape index (κ1) is 25.7. The largest absolute Gasteiger partial charge is 0.482 e. The third kappa shape index (κ3) is 8.52. The molecule has 0 bridgehead atoms. The first-order chi connectivity index (χ1) is 15.0. The summed E-state index contributed by atoms with van der Waals surface area (Å²) in [4.78, 5) is 10.5. The third-order valence-electron chi connectivity index (χ3n) is 4.88. The van der Waals surface area contributed by atoms with Crippen LogP contribution in [0.3, 0.4) is 0 Å². The molecule has 0 spiro atoms. The van der Waals surface area contributed by atoms with Gasteiger partial charge in [-0.3, -0.25) is 0 Å². The van der Waals surface area contributed by atoms with E-state index >= 15 is 0 Å². The van der Waals surface area contributed by atoms with E-state index in [2.05, 4.69) is 29.6 Å². The summed E-state index contributed by atoms with van der Waals surface area (Å²) in [6, 6.07) is 23.2. The number of hydrogen-bond donors (Lipinski definition) is 3. The summed E-state index contributed by atoms with van der Waals surface area (Å²) in [7, 11) is 0. The van der Waals surface area contributed by atoms with Crippen LogP contribution in [0.2, 0.25) is 5.02 Å². The molecule has 0 saturated carbocycles. The number of ether oxygens (including phenoxy) is 1. The Hall–Kier alpha value is -2.57. The van der Waals surface area contributed by atoms with Gasteiger partial charge in [-0.05, 0) is 65.9 Å². The Kier molecular flexibility index (Phi) is 10.5. The molecule has 0 saturated heterocycles. The lowest BCUT2D eigenvalue weighted by Crippen LogP contribution is -2.23. The molecule has 170 valence electrons. The lowest BCUT2D eigenvalue weighted by Gasteiger charge is -2.12. The number of aliphatic hydroxyl groups excluding tert-OH is 1. The Morgan fingerprint density at radius 2 is 1.59 bits per heavy atom. The van der Waals surface area contributed by atoms with Crippen molar-refractivity contribution in [2.45, 2.75) is 18.9 Å². The van der Waals surface area contributed by atoms with Gasteiger partial charge in [0.2, 0.25) is 0 Å². The van der Waals surface area contributed by atoms with Gasteiger partial charge in [0.05, 0.1) is 6.10 Å². The predicted molar refractivity (Wildman–Crippen MR) is 129 cm³/mol. The molecule has 32 heavy (non-hydrogen) atoms. The zero-order valence-electron chi connectivity index (χ0n) is 17.5. The molecule has 7 heteroatoms. The van der Waals surface area contributed by atoms with Crippen molar-refractivity contribution >= 4 is 30.0 Å². The standard InChI is InChI=1S/C25H26ClNO4.ClH/c26-22-3-1-2-21(15-22)24(28)16-27-13-12-18-4-6-19(7-5-18)14-20-8-10-23(11-9-20)31-17-25(29)30;/h1-11,15,24,27-28H,12-14,16-17H2,(H,29,30);1H/t24-;/m0./s1. The average molecular weight is 476 g/mol. The van der Waals surface area contributed by atoms with Crippen LogP contribution >= 0.6 is 24.0 Å². The van der Waals surface area contributed by atoms with Crippen LogP contribution in [0.5, 0.6) is 5.75 Å². The molecule has 1 atom stereocenters. The van der Waals surface area contributed by atoms with E-state index < -0.39 is 12.1 Å². The molecule has 0 radical (unpaired) electrons. The number of carbonyl (C=O) groups is 1. The third-order valence-corrected chi connectivity index (χ3v) is 5.11. The molecule has 0 unspecified atom stereocenters. The highest BCUT2D eigenvalue weighted by Gasteiger charge is 2.07. The number of carboxylic acids is 1. The number of hydrogen-bond acceptors (Lipinski definition) is 4. The quantitative estimate of drug-likeness (QED) is 0.350. The van der Waals surface area contributed by atoms with Gasteiger partial charge < -0.3 is 20.3 Å². The lowest BCUT2D eigenvalue weighted by molar-refractivity contribution is -0.139. The van der Waals surface area contributed by atoms with Crippen LogP contribution in [-0.2, 0) is 17.6 Å². The van der Waals surface area contributed by atoms with E-state index in [1.165, 1.54) is 11.1 Å². The minimum atomic E-state index is -0.989. The van der Waals surface area contributed by atoms with Crippen LogP contribution in [0.1, 0.15) is 28.4 Å². The van der Waals surface area contributed by atoms with Gasteiger partial charge in [0, 0.05) is 11.6 Å². The molecule has 5 nitrogen and oxygen atoms in total. The molecule has 3 aromatic carbocycles. The SMILES string of the molecule is Cl.O=C(O)COc1ccc(Cc2ccc(CCNC[C@H](O)c3cccc(Cl)c3)cc2)cc1. The van der Waals surface area contributed by atoms with Gasteiger partial charge in [0.25, 0.3) is 0 Å². The van der Waals surface area contributed by atoms with E-state index in [-0.39, 0.29) is 19.0 Å². The second kappa shape index (κ2) is 13.1. The van der Waals surface area contributed by atoms with Crippen molar-refractivity contribution < 1.29 is 19.7 Å². The van der Waals surface area contributed by atoms with E-state index in [0.717, 1.165) is 30.5 Å².